The van der Waals surface area contributed by atoms with Crippen LogP contribution in [0.4, 0.5) is 5.69 Å². The zero-order valence-electron chi connectivity index (χ0n) is 13.9. The Morgan fingerprint density at radius 1 is 1.23 bits per heavy atom. The van der Waals surface area contributed by atoms with Crippen LogP contribution < -0.4 is 5.32 Å². The third-order valence-electron chi connectivity index (χ3n) is 3.70. The van der Waals surface area contributed by atoms with Gasteiger partial charge in [-0.2, -0.15) is 10.1 Å². The summed E-state index contributed by atoms with van der Waals surface area (Å²) in [6.07, 6.45) is 2.88. The van der Waals surface area contributed by atoms with Gasteiger partial charge in [0.2, 0.25) is 5.82 Å². The quantitative estimate of drug-likeness (QED) is 0.594. The van der Waals surface area contributed by atoms with Gasteiger partial charge in [-0.05, 0) is 32.0 Å². The topological polar surface area (TPSA) is 103 Å². The van der Waals surface area contributed by atoms with Crippen molar-refractivity contribution in [1.82, 2.24) is 34.3 Å². The van der Waals surface area contributed by atoms with E-state index in [1.165, 1.54) is 21.9 Å². The summed E-state index contributed by atoms with van der Waals surface area (Å²) in [5.41, 5.74) is 2.62. The van der Waals surface area contributed by atoms with Gasteiger partial charge < -0.3 is 5.32 Å². The predicted molar refractivity (Wildman–Crippen MR) is 94.6 cm³/mol. The van der Waals surface area contributed by atoms with Gasteiger partial charge in [0.25, 0.3) is 11.7 Å². The highest BCUT2D eigenvalue weighted by molar-refractivity contribution is 6.33. The highest BCUT2D eigenvalue weighted by atomic mass is 35.5. The van der Waals surface area contributed by atoms with Gasteiger partial charge >= 0.3 is 0 Å². The molecule has 10 heteroatoms. The Balaban J connectivity index is 1.72. The van der Waals surface area contributed by atoms with Crippen molar-refractivity contribution in [3.63, 3.8) is 0 Å². The van der Waals surface area contributed by atoms with E-state index in [-0.39, 0.29) is 5.82 Å². The lowest BCUT2D eigenvalue weighted by atomic mass is 10.2. The number of rotatable bonds is 3. The summed E-state index contributed by atoms with van der Waals surface area (Å²) in [4.78, 5) is 25.0. The number of halogens is 1. The average molecular weight is 369 g/mol. The van der Waals surface area contributed by atoms with Crippen molar-refractivity contribution in [3.05, 3.63) is 59.2 Å². The summed E-state index contributed by atoms with van der Waals surface area (Å²) < 4.78 is 3.00. The number of aryl methyl sites for hydroxylation is 2. The van der Waals surface area contributed by atoms with Crippen molar-refractivity contribution in [2.75, 3.05) is 5.32 Å². The Labute approximate surface area is 152 Å². The molecular formula is C16H13ClN8O. The lowest BCUT2D eigenvalue weighted by Gasteiger charge is -2.11. The number of para-hydroxylation sites is 1. The summed E-state index contributed by atoms with van der Waals surface area (Å²) in [5, 5.41) is 11.5. The number of amides is 1. The highest BCUT2D eigenvalue weighted by Crippen LogP contribution is 2.28. The molecule has 1 aromatic carbocycles. The zero-order chi connectivity index (χ0) is 18.3. The second-order valence-electron chi connectivity index (χ2n) is 5.62. The van der Waals surface area contributed by atoms with Crippen LogP contribution in [0.5, 0.6) is 0 Å². The van der Waals surface area contributed by atoms with E-state index in [1.54, 1.807) is 18.2 Å². The first kappa shape index (κ1) is 16.2. The standard InChI is InChI=1S/C16H13ClN8O/c1-9-6-10(2)25-16(20-9)22-14(23-25)15(26)21-12-5-3-4-11(17)13(12)24-8-18-7-19-24/h3-8H,1-2H3,(H,21,26). The first-order chi connectivity index (χ1) is 12.5. The van der Waals surface area contributed by atoms with Crippen molar-refractivity contribution in [3.8, 4) is 5.69 Å². The van der Waals surface area contributed by atoms with Crippen LogP contribution in [0.1, 0.15) is 22.0 Å². The number of nitrogens with one attached hydrogen (secondary N) is 1. The van der Waals surface area contributed by atoms with Crippen molar-refractivity contribution >= 4 is 29.0 Å². The van der Waals surface area contributed by atoms with Gasteiger partial charge in [0.15, 0.2) is 0 Å². The van der Waals surface area contributed by atoms with Crippen LogP contribution in [0.25, 0.3) is 11.5 Å². The first-order valence-corrected chi connectivity index (χ1v) is 8.06. The molecule has 1 N–H and O–H groups in total. The van der Waals surface area contributed by atoms with E-state index in [0.717, 1.165) is 11.4 Å². The van der Waals surface area contributed by atoms with Crippen LogP contribution in [0.3, 0.4) is 0 Å². The second-order valence-corrected chi connectivity index (χ2v) is 6.02. The van der Waals surface area contributed by atoms with Gasteiger partial charge in [0.1, 0.15) is 18.3 Å². The van der Waals surface area contributed by atoms with E-state index >= 15 is 0 Å². The molecule has 130 valence electrons. The normalized spacial score (nSPS) is 11.0. The fraction of sp³-hybridized carbons (Fsp3) is 0.125. The van der Waals surface area contributed by atoms with Gasteiger partial charge in [-0.25, -0.2) is 19.2 Å². The van der Waals surface area contributed by atoms with Crippen LogP contribution in [-0.4, -0.2) is 40.3 Å². The molecule has 9 nitrogen and oxygen atoms in total. The van der Waals surface area contributed by atoms with E-state index in [4.69, 9.17) is 11.6 Å². The van der Waals surface area contributed by atoms with E-state index in [1.807, 2.05) is 19.9 Å². The van der Waals surface area contributed by atoms with E-state index < -0.39 is 5.91 Å². The number of hydrogen-bond acceptors (Lipinski definition) is 6. The summed E-state index contributed by atoms with van der Waals surface area (Å²) in [6.45, 7) is 3.73. The van der Waals surface area contributed by atoms with Crippen LogP contribution in [0, 0.1) is 13.8 Å². The molecule has 1 amide bonds. The van der Waals surface area contributed by atoms with E-state index in [9.17, 15) is 4.79 Å². The molecule has 0 bridgehead atoms. The molecule has 0 aliphatic carbocycles. The molecule has 0 aliphatic rings. The lowest BCUT2D eigenvalue weighted by Crippen LogP contribution is -2.16. The molecule has 0 radical (unpaired) electrons. The number of benzene rings is 1. The molecule has 4 rings (SSSR count). The fourth-order valence-electron chi connectivity index (χ4n) is 2.61. The molecule has 0 saturated heterocycles. The maximum Gasteiger partial charge on any atom is 0.295 e. The fourth-order valence-corrected chi connectivity index (χ4v) is 2.87. The summed E-state index contributed by atoms with van der Waals surface area (Å²) >= 11 is 6.27. The second kappa shape index (κ2) is 6.19. The van der Waals surface area contributed by atoms with Crippen LogP contribution in [0.15, 0.2) is 36.9 Å². The van der Waals surface area contributed by atoms with Gasteiger partial charge in [0, 0.05) is 11.4 Å². The first-order valence-electron chi connectivity index (χ1n) is 7.69. The Hall–Kier alpha value is -3.33. The van der Waals surface area contributed by atoms with Crippen LogP contribution in [0.2, 0.25) is 5.02 Å². The number of aromatic nitrogens is 7. The largest absolute Gasteiger partial charge is 0.317 e. The molecule has 0 spiro atoms. The maximum atomic E-state index is 12.6. The summed E-state index contributed by atoms with van der Waals surface area (Å²) in [7, 11) is 0. The number of anilines is 1. The smallest absolute Gasteiger partial charge is 0.295 e. The van der Waals surface area contributed by atoms with Crippen LogP contribution >= 0.6 is 11.6 Å². The Kier molecular flexibility index (Phi) is 3.85. The maximum absolute atomic E-state index is 12.6. The van der Waals surface area contributed by atoms with Crippen molar-refractivity contribution in [1.29, 1.82) is 0 Å². The third kappa shape index (κ3) is 2.78. The third-order valence-corrected chi connectivity index (χ3v) is 4.01. The summed E-state index contributed by atoms with van der Waals surface area (Å²) in [6, 6.07) is 7.01. The Morgan fingerprint density at radius 3 is 2.85 bits per heavy atom. The number of carbonyl (C=O) groups excluding carboxylic acids is 1. The summed E-state index contributed by atoms with van der Waals surface area (Å²) in [5.74, 6) is -0.0952. The number of hydrogen-bond donors (Lipinski definition) is 1. The molecule has 0 saturated carbocycles. The SMILES string of the molecule is Cc1cc(C)n2nc(C(=O)Nc3cccc(Cl)c3-n3cncn3)nc2n1. The van der Waals surface area contributed by atoms with Crippen molar-refractivity contribution in [2.45, 2.75) is 13.8 Å². The molecule has 0 unspecified atom stereocenters. The van der Waals surface area contributed by atoms with Crippen molar-refractivity contribution < 1.29 is 4.79 Å². The van der Waals surface area contributed by atoms with Gasteiger partial charge in [-0.1, -0.05) is 17.7 Å². The number of carbonyl (C=O) groups is 1. The molecule has 26 heavy (non-hydrogen) atoms. The lowest BCUT2D eigenvalue weighted by molar-refractivity contribution is 0.101. The molecule has 0 fully saturated rings. The van der Waals surface area contributed by atoms with Gasteiger partial charge in [0.05, 0.1) is 10.7 Å². The molecule has 4 aromatic rings. The predicted octanol–water partition coefficient (Wildman–Crippen LogP) is 2.23. The van der Waals surface area contributed by atoms with E-state index in [2.05, 4.69) is 30.5 Å². The van der Waals surface area contributed by atoms with Crippen LogP contribution in [-0.2, 0) is 0 Å². The van der Waals surface area contributed by atoms with Crippen molar-refractivity contribution in [2.24, 2.45) is 0 Å². The van der Waals surface area contributed by atoms with E-state index in [0.29, 0.717) is 22.2 Å². The number of fused-ring (bicyclic) bond motifs is 1. The average Bonchev–Trinajstić information content (AvgIpc) is 3.24. The Morgan fingerprint density at radius 2 is 2.08 bits per heavy atom. The van der Waals surface area contributed by atoms with Gasteiger partial charge in [-0.3, -0.25) is 4.79 Å². The highest BCUT2D eigenvalue weighted by Gasteiger charge is 2.18. The molecule has 0 aliphatic heterocycles. The zero-order valence-corrected chi connectivity index (χ0v) is 14.6. The molecule has 0 atom stereocenters. The molecule has 3 heterocycles. The van der Waals surface area contributed by atoms with Gasteiger partial charge in [-0.15, -0.1) is 5.10 Å². The minimum absolute atomic E-state index is 0.00992. The monoisotopic (exact) mass is 368 g/mol. The minimum Gasteiger partial charge on any atom is -0.317 e. The number of nitrogens with zero attached hydrogens (tertiary/aromatic N) is 7. The Bertz CT molecular complexity index is 1120. The molecule has 3 aromatic heterocycles. The minimum atomic E-state index is -0.476. The molecular weight excluding hydrogens is 356 g/mol.